The Hall–Kier alpha value is -3.22. The first-order valence-electron chi connectivity index (χ1n) is 11.4. The number of fused-ring (bicyclic) bond motifs is 1. The highest BCUT2D eigenvalue weighted by atomic mass is 16.7. The molecule has 2 aliphatic heterocycles. The van der Waals surface area contributed by atoms with E-state index in [1.807, 2.05) is 60.4 Å². The third-order valence-corrected chi connectivity index (χ3v) is 6.05. The molecule has 0 bridgehead atoms. The summed E-state index contributed by atoms with van der Waals surface area (Å²) in [4.78, 5) is 29.5. The SMILES string of the molecule is CCN(Cc1ccc2c(c1)OCO2)C(=O)N[C@@H](CN1CCCCCC1=O)c1ccccc1. The number of amides is 3. The first-order valence-corrected chi connectivity index (χ1v) is 11.4. The Labute approximate surface area is 189 Å². The van der Waals surface area contributed by atoms with E-state index in [1.54, 1.807) is 4.90 Å². The Balaban J connectivity index is 1.47. The van der Waals surface area contributed by atoms with Crippen LogP contribution in [0.5, 0.6) is 11.5 Å². The highest BCUT2D eigenvalue weighted by Gasteiger charge is 2.25. The van der Waals surface area contributed by atoms with Gasteiger partial charge in [0.15, 0.2) is 11.5 Å². The van der Waals surface area contributed by atoms with Gasteiger partial charge in [0.05, 0.1) is 6.04 Å². The van der Waals surface area contributed by atoms with E-state index in [9.17, 15) is 9.59 Å². The number of benzene rings is 2. The summed E-state index contributed by atoms with van der Waals surface area (Å²) in [7, 11) is 0. The van der Waals surface area contributed by atoms with E-state index >= 15 is 0 Å². The monoisotopic (exact) mass is 437 g/mol. The van der Waals surface area contributed by atoms with Gasteiger partial charge in [-0.1, -0.05) is 42.8 Å². The molecule has 2 aromatic carbocycles. The van der Waals surface area contributed by atoms with E-state index in [-0.39, 0.29) is 24.8 Å². The lowest BCUT2D eigenvalue weighted by Gasteiger charge is -2.30. The molecule has 2 aliphatic rings. The Bertz CT molecular complexity index is 934. The standard InChI is InChI=1S/C25H31N3O4/c1-2-27(16-19-12-13-22-23(15-19)32-18-31-22)25(30)26-21(20-9-5-3-6-10-20)17-28-14-8-4-7-11-24(28)29/h3,5-6,9-10,12-13,15,21H,2,4,7-8,11,14,16-18H2,1H3,(H,26,30)/t21-/m0/s1. The molecule has 0 unspecified atom stereocenters. The molecule has 0 saturated carbocycles. The molecule has 1 fully saturated rings. The van der Waals surface area contributed by atoms with Crippen LogP contribution in [0, 0.1) is 0 Å². The van der Waals surface area contributed by atoms with Crippen molar-refractivity contribution in [3.05, 3.63) is 59.7 Å². The third kappa shape index (κ3) is 5.33. The summed E-state index contributed by atoms with van der Waals surface area (Å²) >= 11 is 0. The minimum Gasteiger partial charge on any atom is -0.454 e. The normalized spacial score (nSPS) is 16.4. The first-order chi connectivity index (χ1) is 15.6. The number of likely N-dealkylation sites (tertiary alicyclic amines) is 1. The van der Waals surface area contributed by atoms with Gasteiger partial charge in [-0.2, -0.15) is 0 Å². The molecule has 32 heavy (non-hydrogen) atoms. The molecule has 7 heteroatoms. The van der Waals surface area contributed by atoms with Crippen LogP contribution in [0.4, 0.5) is 4.79 Å². The number of carbonyl (C=O) groups is 2. The van der Waals surface area contributed by atoms with Crippen molar-refractivity contribution in [1.82, 2.24) is 15.1 Å². The number of hydrogen-bond acceptors (Lipinski definition) is 4. The van der Waals surface area contributed by atoms with Gasteiger partial charge in [-0.3, -0.25) is 4.79 Å². The quantitative estimate of drug-likeness (QED) is 0.708. The lowest BCUT2D eigenvalue weighted by atomic mass is 10.1. The van der Waals surface area contributed by atoms with Crippen molar-refractivity contribution < 1.29 is 19.1 Å². The maximum atomic E-state index is 13.2. The molecule has 3 amide bonds. The predicted molar refractivity (Wildman–Crippen MR) is 121 cm³/mol. The van der Waals surface area contributed by atoms with Gasteiger partial charge >= 0.3 is 6.03 Å². The van der Waals surface area contributed by atoms with Crippen molar-refractivity contribution in [1.29, 1.82) is 0 Å². The van der Waals surface area contributed by atoms with Crippen LogP contribution in [0.3, 0.4) is 0 Å². The molecular formula is C25H31N3O4. The van der Waals surface area contributed by atoms with Gasteiger partial charge < -0.3 is 24.6 Å². The van der Waals surface area contributed by atoms with Crippen LogP contribution < -0.4 is 14.8 Å². The Morgan fingerprint density at radius 3 is 2.72 bits per heavy atom. The van der Waals surface area contributed by atoms with Crippen molar-refractivity contribution in [2.24, 2.45) is 0 Å². The van der Waals surface area contributed by atoms with Gasteiger partial charge in [-0.15, -0.1) is 0 Å². The number of nitrogens with one attached hydrogen (secondary N) is 1. The van der Waals surface area contributed by atoms with Crippen LogP contribution in [-0.2, 0) is 11.3 Å². The van der Waals surface area contributed by atoms with Crippen LogP contribution in [0.15, 0.2) is 48.5 Å². The molecule has 170 valence electrons. The summed E-state index contributed by atoms with van der Waals surface area (Å²) in [6.45, 7) is 4.43. The van der Waals surface area contributed by atoms with Crippen molar-refractivity contribution in [2.75, 3.05) is 26.4 Å². The van der Waals surface area contributed by atoms with Crippen LogP contribution in [0.2, 0.25) is 0 Å². The predicted octanol–water partition coefficient (Wildman–Crippen LogP) is 4.09. The maximum Gasteiger partial charge on any atom is 0.318 e. The average molecular weight is 438 g/mol. The van der Waals surface area contributed by atoms with E-state index in [4.69, 9.17) is 9.47 Å². The van der Waals surface area contributed by atoms with Gasteiger partial charge in [0.1, 0.15) is 0 Å². The molecule has 0 aromatic heterocycles. The van der Waals surface area contributed by atoms with Crippen molar-refractivity contribution >= 4 is 11.9 Å². The fourth-order valence-electron chi connectivity index (χ4n) is 4.20. The fourth-order valence-corrected chi connectivity index (χ4v) is 4.20. The third-order valence-electron chi connectivity index (χ3n) is 6.05. The molecule has 0 radical (unpaired) electrons. The van der Waals surface area contributed by atoms with E-state index in [0.717, 1.165) is 42.7 Å². The fraction of sp³-hybridized carbons (Fsp3) is 0.440. The Kier molecular flexibility index (Phi) is 7.14. The molecule has 1 atom stereocenters. The molecular weight excluding hydrogens is 406 g/mol. The molecule has 7 nitrogen and oxygen atoms in total. The summed E-state index contributed by atoms with van der Waals surface area (Å²) in [6, 6.07) is 15.2. The second-order valence-electron chi connectivity index (χ2n) is 8.26. The van der Waals surface area contributed by atoms with Crippen LogP contribution in [0.25, 0.3) is 0 Å². The van der Waals surface area contributed by atoms with Crippen LogP contribution >= 0.6 is 0 Å². The van der Waals surface area contributed by atoms with Gasteiger partial charge in [-0.25, -0.2) is 4.79 Å². The Morgan fingerprint density at radius 2 is 1.91 bits per heavy atom. The molecule has 2 heterocycles. The van der Waals surface area contributed by atoms with E-state index in [0.29, 0.717) is 31.8 Å². The molecule has 4 rings (SSSR count). The summed E-state index contributed by atoms with van der Waals surface area (Å²) in [5.74, 6) is 1.61. The second-order valence-corrected chi connectivity index (χ2v) is 8.26. The van der Waals surface area contributed by atoms with Crippen molar-refractivity contribution in [3.63, 3.8) is 0 Å². The average Bonchev–Trinajstić information content (AvgIpc) is 3.19. The summed E-state index contributed by atoms with van der Waals surface area (Å²) in [6.07, 6.45) is 3.60. The van der Waals surface area contributed by atoms with E-state index in [2.05, 4.69) is 5.32 Å². The molecule has 1 N–H and O–H groups in total. The van der Waals surface area contributed by atoms with Crippen LogP contribution in [-0.4, -0.2) is 48.2 Å². The van der Waals surface area contributed by atoms with Crippen molar-refractivity contribution in [2.45, 2.75) is 45.2 Å². The summed E-state index contributed by atoms with van der Waals surface area (Å²) in [5, 5.41) is 3.18. The number of hydrogen-bond donors (Lipinski definition) is 1. The van der Waals surface area contributed by atoms with Gasteiger partial charge in [0.25, 0.3) is 0 Å². The van der Waals surface area contributed by atoms with Gasteiger partial charge in [0, 0.05) is 32.6 Å². The zero-order valence-corrected chi connectivity index (χ0v) is 18.6. The summed E-state index contributed by atoms with van der Waals surface area (Å²) in [5.41, 5.74) is 1.97. The highest BCUT2D eigenvalue weighted by molar-refractivity contribution is 5.77. The molecule has 1 saturated heterocycles. The molecule has 2 aromatic rings. The van der Waals surface area contributed by atoms with E-state index < -0.39 is 0 Å². The van der Waals surface area contributed by atoms with E-state index in [1.165, 1.54) is 0 Å². The van der Waals surface area contributed by atoms with Crippen LogP contribution in [0.1, 0.15) is 49.8 Å². The maximum absolute atomic E-state index is 13.2. The summed E-state index contributed by atoms with van der Waals surface area (Å²) < 4.78 is 10.8. The number of nitrogens with zero attached hydrogens (tertiary/aromatic N) is 2. The topological polar surface area (TPSA) is 71.1 Å². The largest absolute Gasteiger partial charge is 0.454 e. The van der Waals surface area contributed by atoms with Gasteiger partial charge in [0.2, 0.25) is 12.7 Å². The minimum absolute atomic E-state index is 0.152. The lowest BCUT2D eigenvalue weighted by Crippen LogP contribution is -2.45. The first kappa shape index (κ1) is 22.0. The minimum atomic E-state index is -0.267. The molecule has 0 aliphatic carbocycles. The number of rotatable bonds is 7. The van der Waals surface area contributed by atoms with Crippen molar-refractivity contribution in [3.8, 4) is 11.5 Å². The lowest BCUT2D eigenvalue weighted by molar-refractivity contribution is -0.131. The Morgan fingerprint density at radius 1 is 1.09 bits per heavy atom. The number of carbonyl (C=O) groups excluding carboxylic acids is 2. The highest BCUT2D eigenvalue weighted by Crippen LogP contribution is 2.32. The van der Waals surface area contributed by atoms with Gasteiger partial charge in [-0.05, 0) is 43.0 Å². The number of urea groups is 1. The zero-order chi connectivity index (χ0) is 22.3. The molecule has 0 spiro atoms. The second kappa shape index (κ2) is 10.4. The zero-order valence-electron chi connectivity index (χ0n) is 18.6. The number of ether oxygens (including phenoxy) is 2. The smallest absolute Gasteiger partial charge is 0.318 e.